The normalized spacial score (nSPS) is 15.6. The largest absolute Gasteiger partial charge is 0.370 e. The maximum atomic E-state index is 12.1. The van der Waals surface area contributed by atoms with Crippen molar-refractivity contribution in [3.05, 3.63) is 22.6 Å². The number of nitrogens with zero attached hydrogens (tertiary/aromatic N) is 3. The quantitative estimate of drug-likeness (QED) is 0.621. The lowest BCUT2D eigenvalue weighted by Gasteiger charge is -2.28. The van der Waals surface area contributed by atoms with Crippen molar-refractivity contribution >= 4 is 18.3 Å². The molecule has 5 heteroatoms. The molecule has 2 heterocycles. The fourth-order valence-corrected chi connectivity index (χ4v) is 2.87. The highest BCUT2D eigenvalue weighted by atomic mass is 32.1. The average Bonchev–Trinajstić information content (AvgIpc) is 2.49. The van der Waals surface area contributed by atoms with E-state index in [1.165, 1.54) is 25.7 Å². The van der Waals surface area contributed by atoms with Crippen LogP contribution in [0.5, 0.6) is 0 Å². The van der Waals surface area contributed by atoms with Crippen molar-refractivity contribution in [1.82, 2.24) is 9.78 Å². The highest BCUT2D eigenvalue weighted by Crippen LogP contribution is 2.16. The zero-order valence-corrected chi connectivity index (χ0v) is 13.0. The van der Waals surface area contributed by atoms with Gasteiger partial charge in [-0.15, -0.1) is 0 Å². The highest BCUT2D eigenvalue weighted by Gasteiger charge is 2.12. The van der Waals surface area contributed by atoms with Crippen LogP contribution in [0.15, 0.2) is 17.1 Å². The van der Waals surface area contributed by atoms with Gasteiger partial charge in [-0.25, -0.2) is 4.68 Å². The Balaban J connectivity index is 1.87. The molecule has 1 aliphatic heterocycles. The van der Waals surface area contributed by atoms with E-state index >= 15 is 0 Å². The van der Waals surface area contributed by atoms with E-state index < -0.39 is 0 Å². The topological polar surface area (TPSA) is 38.1 Å². The molecule has 1 aromatic rings. The number of hydrogen-bond donors (Lipinski definition) is 1. The molecular weight excluding hydrogens is 270 g/mol. The maximum Gasteiger partial charge on any atom is 0.268 e. The van der Waals surface area contributed by atoms with Crippen molar-refractivity contribution in [2.75, 3.05) is 23.7 Å². The number of anilines is 1. The van der Waals surface area contributed by atoms with Crippen LogP contribution in [0.4, 0.5) is 5.69 Å². The second-order valence-corrected chi connectivity index (χ2v) is 5.91. The third-order valence-electron chi connectivity index (χ3n) is 3.85. The lowest BCUT2D eigenvalue weighted by Crippen LogP contribution is -2.32. The third-order valence-corrected chi connectivity index (χ3v) is 4.17. The van der Waals surface area contributed by atoms with E-state index in [4.69, 9.17) is 0 Å². The lowest BCUT2D eigenvalue weighted by atomic mass is 10.1. The van der Waals surface area contributed by atoms with Crippen LogP contribution in [0.25, 0.3) is 0 Å². The molecule has 1 saturated heterocycles. The van der Waals surface area contributed by atoms with Crippen molar-refractivity contribution in [3.8, 4) is 0 Å². The van der Waals surface area contributed by atoms with Gasteiger partial charge in [0.15, 0.2) is 0 Å². The van der Waals surface area contributed by atoms with Crippen molar-refractivity contribution < 1.29 is 0 Å². The van der Waals surface area contributed by atoms with Crippen LogP contribution in [-0.2, 0) is 6.54 Å². The molecule has 1 aromatic heterocycles. The molecule has 0 saturated carbocycles. The lowest BCUT2D eigenvalue weighted by molar-refractivity contribution is 0.517. The molecule has 0 amide bonds. The summed E-state index contributed by atoms with van der Waals surface area (Å²) in [6.45, 7) is 2.83. The summed E-state index contributed by atoms with van der Waals surface area (Å²) in [5, 5.41) is 4.32. The predicted octanol–water partition coefficient (Wildman–Crippen LogP) is 2.72. The molecular formula is C15H25N3OS. The molecule has 112 valence electrons. The molecule has 0 unspecified atom stereocenters. The maximum absolute atomic E-state index is 12.1. The first-order valence-corrected chi connectivity index (χ1v) is 8.37. The summed E-state index contributed by atoms with van der Waals surface area (Å²) in [6, 6.07) is 1.74. The van der Waals surface area contributed by atoms with Crippen LogP contribution in [0, 0.1) is 0 Å². The van der Waals surface area contributed by atoms with Crippen molar-refractivity contribution in [1.29, 1.82) is 0 Å². The second-order valence-electron chi connectivity index (χ2n) is 5.46. The van der Waals surface area contributed by atoms with E-state index in [9.17, 15) is 4.79 Å². The standard InChI is InChI=1S/C15H25N3OS/c19-15-12-14(17-8-4-3-5-9-17)13-16-18(15)10-6-1-2-7-11-20/h12-13,20H,1-11H2. The predicted molar refractivity (Wildman–Crippen MR) is 86.9 cm³/mol. The van der Waals surface area contributed by atoms with Gasteiger partial charge in [-0.05, 0) is 37.9 Å². The summed E-state index contributed by atoms with van der Waals surface area (Å²) in [4.78, 5) is 14.3. The minimum Gasteiger partial charge on any atom is -0.370 e. The van der Waals surface area contributed by atoms with E-state index in [0.717, 1.165) is 50.3 Å². The molecule has 0 N–H and O–H groups in total. The third kappa shape index (κ3) is 4.54. The molecule has 0 aromatic carbocycles. The minimum atomic E-state index is 0.0299. The van der Waals surface area contributed by atoms with Crippen LogP contribution < -0.4 is 10.5 Å². The Labute approximate surface area is 126 Å². The van der Waals surface area contributed by atoms with Gasteiger partial charge in [0.1, 0.15) is 0 Å². The van der Waals surface area contributed by atoms with E-state index in [1.807, 2.05) is 6.20 Å². The first-order valence-electron chi connectivity index (χ1n) is 7.74. The van der Waals surface area contributed by atoms with Gasteiger partial charge in [0.25, 0.3) is 5.56 Å². The zero-order valence-electron chi connectivity index (χ0n) is 12.1. The minimum absolute atomic E-state index is 0.0299. The molecule has 0 bridgehead atoms. The summed E-state index contributed by atoms with van der Waals surface area (Å²) >= 11 is 4.20. The summed E-state index contributed by atoms with van der Waals surface area (Å²) in [7, 11) is 0. The fourth-order valence-electron chi connectivity index (χ4n) is 2.64. The molecule has 0 atom stereocenters. The number of rotatable bonds is 7. The Hall–Kier alpha value is -0.970. The number of piperidine rings is 1. The zero-order chi connectivity index (χ0) is 14.2. The van der Waals surface area contributed by atoms with E-state index in [2.05, 4.69) is 22.6 Å². The van der Waals surface area contributed by atoms with Crippen LogP contribution >= 0.6 is 12.6 Å². The Morgan fingerprint density at radius 2 is 1.85 bits per heavy atom. The van der Waals surface area contributed by atoms with Crippen LogP contribution in [0.1, 0.15) is 44.9 Å². The van der Waals surface area contributed by atoms with Crippen LogP contribution in [0.3, 0.4) is 0 Å². The van der Waals surface area contributed by atoms with E-state index in [-0.39, 0.29) is 5.56 Å². The van der Waals surface area contributed by atoms with Gasteiger partial charge in [0, 0.05) is 25.7 Å². The Kier molecular flexibility index (Phi) is 6.43. The first kappa shape index (κ1) is 15.4. The molecule has 1 aliphatic rings. The Morgan fingerprint density at radius 3 is 2.55 bits per heavy atom. The summed E-state index contributed by atoms with van der Waals surface area (Å²) in [6.07, 6.45) is 10.1. The highest BCUT2D eigenvalue weighted by molar-refractivity contribution is 7.80. The van der Waals surface area contributed by atoms with Crippen LogP contribution in [0.2, 0.25) is 0 Å². The van der Waals surface area contributed by atoms with E-state index in [1.54, 1.807) is 10.7 Å². The Bertz CT molecular complexity index is 455. The number of thiol groups is 1. The Morgan fingerprint density at radius 1 is 1.10 bits per heavy atom. The van der Waals surface area contributed by atoms with Gasteiger partial charge < -0.3 is 4.90 Å². The van der Waals surface area contributed by atoms with Gasteiger partial charge >= 0.3 is 0 Å². The van der Waals surface area contributed by atoms with Crippen LogP contribution in [-0.4, -0.2) is 28.6 Å². The van der Waals surface area contributed by atoms with E-state index in [0.29, 0.717) is 0 Å². The van der Waals surface area contributed by atoms with Gasteiger partial charge in [-0.3, -0.25) is 4.79 Å². The molecule has 0 spiro atoms. The summed E-state index contributed by atoms with van der Waals surface area (Å²) < 4.78 is 1.59. The fraction of sp³-hybridized carbons (Fsp3) is 0.733. The van der Waals surface area contributed by atoms with Crippen molar-refractivity contribution in [2.45, 2.75) is 51.5 Å². The molecule has 0 aliphatic carbocycles. The number of hydrogen-bond acceptors (Lipinski definition) is 4. The smallest absolute Gasteiger partial charge is 0.268 e. The number of aromatic nitrogens is 2. The first-order chi connectivity index (χ1) is 9.81. The summed E-state index contributed by atoms with van der Waals surface area (Å²) in [5.41, 5.74) is 1.02. The second kappa shape index (κ2) is 8.35. The SMILES string of the molecule is O=c1cc(N2CCCCC2)cnn1CCCCCCS. The number of unbranched alkanes of at least 4 members (excludes halogenated alkanes) is 3. The van der Waals surface area contributed by atoms with Gasteiger partial charge in [-0.1, -0.05) is 12.8 Å². The molecule has 2 rings (SSSR count). The molecule has 1 fully saturated rings. The average molecular weight is 295 g/mol. The molecule has 0 radical (unpaired) electrons. The summed E-state index contributed by atoms with van der Waals surface area (Å²) in [5.74, 6) is 0.947. The molecule has 20 heavy (non-hydrogen) atoms. The van der Waals surface area contributed by atoms with Crippen molar-refractivity contribution in [3.63, 3.8) is 0 Å². The molecule has 4 nitrogen and oxygen atoms in total. The van der Waals surface area contributed by atoms with Gasteiger partial charge in [0.05, 0.1) is 11.9 Å². The van der Waals surface area contributed by atoms with Crippen molar-refractivity contribution in [2.24, 2.45) is 0 Å². The van der Waals surface area contributed by atoms with Gasteiger partial charge in [0.2, 0.25) is 0 Å². The number of aryl methyl sites for hydroxylation is 1. The monoisotopic (exact) mass is 295 g/mol. The van der Waals surface area contributed by atoms with Gasteiger partial charge in [-0.2, -0.15) is 17.7 Å².